The maximum Gasteiger partial charge on any atom is 0.0315 e. The molecule has 1 aliphatic carbocycles. The molecule has 0 unspecified atom stereocenters. The van der Waals surface area contributed by atoms with E-state index in [0.29, 0.717) is 5.54 Å². The fraction of sp³-hybridized carbons (Fsp3) is 0.615. The van der Waals surface area contributed by atoms with Gasteiger partial charge in [0.05, 0.1) is 0 Å². The number of nitrogens with one attached hydrogen (secondary N) is 1. The van der Waals surface area contributed by atoms with E-state index in [0.717, 1.165) is 6.54 Å². The van der Waals surface area contributed by atoms with Gasteiger partial charge in [-0.25, -0.2) is 0 Å². The van der Waals surface area contributed by atoms with Crippen LogP contribution in [0.2, 0.25) is 0 Å². The van der Waals surface area contributed by atoms with Crippen LogP contribution in [-0.4, -0.2) is 10.5 Å². The van der Waals surface area contributed by atoms with Crippen molar-refractivity contribution in [1.29, 1.82) is 0 Å². The van der Waals surface area contributed by atoms with Gasteiger partial charge in [0.25, 0.3) is 0 Å². The molecule has 2 heteroatoms. The normalized spacial score (nSPS) is 18.5. The third-order valence-electron chi connectivity index (χ3n) is 3.79. The van der Waals surface area contributed by atoms with E-state index in [2.05, 4.69) is 30.2 Å². The van der Waals surface area contributed by atoms with Crippen molar-refractivity contribution in [3.05, 3.63) is 29.6 Å². The lowest BCUT2D eigenvalue weighted by Gasteiger charge is -2.42. The molecule has 2 rings (SSSR count). The fourth-order valence-corrected chi connectivity index (χ4v) is 2.22. The molecule has 0 amide bonds. The predicted molar refractivity (Wildman–Crippen MR) is 62.7 cm³/mol. The fourth-order valence-electron chi connectivity index (χ4n) is 2.22. The molecule has 1 aromatic heterocycles. The van der Waals surface area contributed by atoms with Gasteiger partial charge in [-0.2, -0.15) is 0 Å². The van der Waals surface area contributed by atoms with Gasteiger partial charge in [0.15, 0.2) is 0 Å². The van der Waals surface area contributed by atoms with Gasteiger partial charge in [0, 0.05) is 24.5 Å². The minimum absolute atomic E-state index is 0.433. The molecule has 0 aromatic carbocycles. The zero-order valence-electron chi connectivity index (χ0n) is 9.71. The maximum atomic E-state index is 4.18. The summed E-state index contributed by atoms with van der Waals surface area (Å²) in [6.07, 6.45) is 9.13. The molecule has 1 N–H and O–H groups in total. The van der Waals surface area contributed by atoms with Gasteiger partial charge in [0.2, 0.25) is 0 Å². The Bertz CT molecular complexity index is 324. The zero-order valence-corrected chi connectivity index (χ0v) is 9.71. The molecule has 0 spiro atoms. The summed E-state index contributed by atoms with van der Waals surface area (Å²) in [6.45, 7) is 5.40. The van der Waals surface area contributed by atoms with Gasteiger partial charge in [-0.1, -0.05) is 6.92 Å². The Morgan fingerprint density at radius 1 is 1.47 bits per heavy atom. The molecule has 82 valence electrons. The van der Waals surface area contributed by atoms with Crippen LogP contribution in [0.15, 0.2) is 18.5 Å². The van der Waals surface area contributed by atoms with Crippen LogP contribution in [0.1, 0.15) is 43.7 Å². The van der Waals surface area contributed by atoms with Gasteiger partial charge in [-0.3, -0.25) is 4.98 Å². The molecule has 2 nitrogen and oxygen atoms in total. The maximum absolute atomic E-state index is 4.18. The molecule has 1 heterocycles. The monoisotopic (exact) mass is 204 g/mol. The number of hydrogen-bond donors (Lipinski definition) is 1. The SMILES string of the molecule is CCC1(NCc2cnccc2C)CCC1. The minimum Gasteiger partial charge on any atom is -0.307 e. The summed E-state index contributed by atoms with van der Waals surface area (Å²) in [6, 6.07) is 2.08. The van der Waals surface area contributed by atoms with Crippen LogP contribution in [-0.2, 0) is 6.54 Å². The number of aromatic nitrogens is 1. The van der Waals surface area contributed by atoms with Gasteiger partial charge >= 0.3 is 0 Å². The van der Waals surface area contributed by atoms with Crippen molar-refractivity contribution in [3.8, 4) is 0 Å². The summed E-state index contributed by atoms with van der Waals surface area (Å²) < 4.78 is 0. The van der Waals surface area contributed by atoms with Gasteiger partial charge in [-0.15, -0.1) is 0 Å². The Morgan fingerprint density at radius 2 is 2.27 bits per heavy atom. The zero-order chi connectivity index (χ0) is 10.7. The lowest BCUT2D eigenvalue weighted by atomic mass is 9.75. The Balaban J connectivity index is 1.95. The van der Waals surface area contributed by atoms with Crippen LogP contribution in [0, 0.1) is 6.92 Å². The molecule has 0 bridgehead atoms. The van der Waals surface area contributed by atoms with Gasteiger partial charge < -0.3 is 5.32 Å². The third-order valence-corrected chi connectivity index (χ3v) is 3.79. The topological polar surface area (TPSA) is 24.9 Å². The molecular formula is C13H20N2. The quantitative estimate of drug-likeness (QED) is 0.815. The van der Waals surface area contributed by atoms with Crippen LogP contribution in [0.25, 0.3) is 0 Å². The summed E-state index contributed by atoms with van der Waals surface area (Å²) in [5.74, 6) is 0. The van der Waals surface area contributed by atoms with Crippen molar-refractivity contribution >= 4 is 0 Å². The second-order valence-corrected chi connectivity index (χ2v) is 4.64. The Hall–Kier alpha value is -0.890. The highest BCUT2D eigenvalue weighted by molar-refractivity contribution is 5.21. The summed E-state index contributed by atoms with van der Waals surface area (Å²) in [5, 5.41) is 3.70. The van der Waals surface area contributed by atoms with Crippen molar-refractivity contribution in [2.24, 2.45) is 0 Å². The first kappa shape index (κ1) is 10.6. The van der Waals surface area contributed by atoms with E-state index in [1.807, 2.05) is 12.4 Å². The van der Waals surface area contributed by atoms with Crippen molar-refractivity contribution in [2.75, 3.05) is 0 Å². The summed E-state index contributed by atoms with van der Waals surface area (Å²) in [5.41, 5.74) is 3.10. The van der Waals surface area contributed by atoms with E-state index >= 15 is 0 Å². The molecule has 1 aliphatic rings. The first-order valence-corrected chi connectivity index (χ1v) is 5.90. The highest BCUT2D eigenvalue weighted by atomic mass is 15.0. The first-order chi connectivity index (χ1) is 7.26. The molecule has 0 radical (unpaired) electrons. The Labute approximate surface area is 92.1 Å². The van der Waals surface area contributed by atoms with Crippen molar-refractivity contribution in [3.63, 3.8) is 0 Å². The van der Waals surface area contributed by atoms with Crippen molar-refractivity contribution in [2.45, 2.75) is 51.6 Å². The largest absolute Gasteiger partial charge is 0.307 e. The molecule has 15 heavy (non-hydrogen) atoms. The Kier molecular flexibility index (Phi) is 3.06. The first-order valence-electron chi connectivity index (χ1n) is 5.90. The van der Waals surface area contributed by atoms with Crippen molar-refractivity contribution in [1.82, 2.24) is 10.3 Å². The number of nitrogens with zero attached hydrogens (tertiary/aromatic N) is 1. The van der Waals surface area contributed by atoms with E-state index in [9.17, 15) is 0 Å². The lowest BCUT2D eigenvalue weighted by Crippen LogP contribution is -2.49. The number of pyridine rings is 1. The number of rotatable bonds is 4. The average Bonchev–Trinajstić information content (AvgIpc) is 2.19. The number of hydrogen-bond acceptors (Lipinski definition) is 2. The standard InChI is InChI=1S/C13H20N2/c1-3-13(6-4-7-13)15-10-12-9-14-8-5-11(12)2/h5,8-9,15H,3-4,6-7,10H2,1-2H3. The van der Waals surface area contributed by atoms with E-state index < -0.39 is 0 Å². The van der Waals surface area contributed by atoms with E-state index in [-0.39, 0.29) is 0 Å². The third kappa shape index (κ3) is 2.20. The molecule has 0 atom stereocenters. The predicted octanol–water partition coefficient (Wildman–Crippen LogP) is 2.81. The molecule has 0 aliphatic heterocycles. The Morgan fingerprint density at radius 3 is 2.80 bits per heavy atom. The van der Waals surface area contributed by atoms with Gasteiger partial charge in [0.1, 0.15) is 0 Å². The summed E-state index contributed by atoms with van der Waals surface area (Å²) >= 11 is 0. The van der Waals surface area contributed by atoms with Crippen molar-refractivity contribution < 1.29 is 0 Å². The molecule has 1 fully saturated rings. The molecular weight excluding hydrogens is 184 g/mol. The van der Waals surface area contributed by atoms with Crippen LogP contribution < -0.4 is 5.32 Å². The summed E-state index contributed by atoms with van der Waals surface area (Å²) in [4.78, 5) is 4.18. The molecule has 1 saturated carbocycles. The van der Waals surface area contributed by atoms with Crippen LogP contribution in [0.5, 0.6) is 0 Å². The second-order valence-electron chi connectivity index (χ2n) is 4.64. The lowest BCUT2D eigenvalue weighted by molar-refractivity contribution is 0.175. The average molecular weight is 204 g/mol. The second kappa shape index (κ2) is 4.31. The van der Waals surface area contributed by atoms with E-state index in [4.69, 9.17) is 0 Å². The molecule has 0 saturated heterocycles. The summed E-state index contributed by atoms with van der Waals surface area (Å²) in [7, 11) is 0. The van der Waals surface area contributed by atoms with Crippen LogP contribution >= 0.6 is 0 Å². The van der Waals surface area contributed by atoms with Crippen LogP contribution in [0.3, 0.4) is 0 Å². The van der Waals surface area contributed by atoms with E-state index in [1.165, 1.54) is 36.8 Å². The minimum atomic E-state index is 0.433. The highest BCUT2D eigenvalue weighted by Gasteiger charge is 2.34. The smallest absolute Gasteiger partial charge is 0.0315 e. The highest BCUT2D eigenvalue weighted by Crippen LogP contribution is 2.34. The number of aryl methyl sites for hydroxylation is 1. The van der Waals surface area contributed by atoms with Gasteiger partial charge in [-0.05, 0) is 49.8 Å². The van der Waals surface area contributed by atoms with Crippen LogP contribution in [0.4, 0.5) is 0 Å². The molecule has 1 aromatic rings. The van der Waals surface area contributed by atoms with E-state index in [1.54, 1.807) is 0 Å².